The smallest absolute Gasteiger partial charge is 0.264 e. The highest BCUT2D eigenvalue weighted by Crippen LogP contribution is 2.25. The van der Waals surface area contributed by atoms with Crippen LogP contribution in [0, 0.1) is 0 Å². The molecule has 4 nitrogen and oxygen atoms in total. The number of rotatable bonds is 1. The Hall–Kier alpha value is -0.590. The average molecular weight is 296 g/mol. The van der Waals surface area contributed by atoms with E-state index in [1.807, 2.05) is 0 Å². The van der Waals surface area contributed by atoms with Crippen molar-refractivity contribution in [2.45, 2.75) is 4.90 Å². The summed E-state index contributed by atoms with van der Waals surface area (Å²) >= 11 is 3.23. The SMILES string of the molecule is O=S(=O)(Cl)c1c[nH]c2cc(Br)cnc12. The number of H-pyrrole nitrogens is 1. The van der Waals surface area contributed by atoms with Crippen molar-refractivity contribution in [1.82, 2.24) is 9.97 Å². The molecule has 0 aliphatic rings. The first-order chi connectivity index (χ1) is 6.48. The molecule has 0 amide bonds. The first kappa shape index (κ1) is 9.95. The largest absolute Gasteiger partial charge is 0.359 e. The highest BCUT2D eigenvalue weighted by molar-refractivity contribution is 9.10. The molecule has 7 heteroatoms. The van der Waals surface area contributed by atoms with E-state index in [1.165, 1.54) is 12.4 Å². The molecule has 0 aliphatic carbocycles. The Kier molecular flexibility index (Phi) is 2.29. The van der Waals surface area contributed by atoms with Gasteiger partial charge in [0.15, 0.2) is 0 Å². The van der Waals surface area contributed by atoms with Crippen molar-refractivity contribution in [3.05, 3.63) is 22.9 Å². The van der Waals surface area contributed by atoms with Crippen molar-refractivity contribution in [1.29, 1.82) is 0 Å². The van der Waals surface area contributed by atoms with Crippen molar-refractivity contribution in [2.75, 3.05) is 0 Å². The van der Waals surface area contributed by atoms with Crippen LogP contribution in [0.15, 0.2) is 27.8 Å². The van der Waals surface area contributed by atoms with Gasteiger partial charge in [0.25, 0.3) is 9.05 Å². The highest BCUT2D eigenvalue weighted by atomic mass is 79.9. The van der Waals surface area contributed by atoms with Crippen LogP contribution in [0.25, 0.3) is 11.0 Å². The second-order valence-electron chi connectivity index (χ2n) is 2.64. The van der Waals surface area contributed by atoms with Crippen LogP contribution in [-0.2, 0) is 9.05 Å². The Morgan fingerprint density at radius 1 is 1.50 bits per heavy atom. The third kappa shape index (κ3) is 1.65. The molecule has 0 atom stereocenters. The minimum absolute atomic E-state index is 0.00154. The summed E-state index contributed by atoms with van der Waals surface area (Å²) < 4.78 is 22.9. The van der Waals surface area contributed by atoms with E-state index in [1.54, 1.807) is 6.07 Å². The topological polar surface area (TPSA) is 62.8 Å². The Morgan fingerprint density at radius 3 is 2.86 bits per heavy atom. The zero-order valence-electron chi connectivity index (χ0n) is 6.66. The van der Waals surface area contributed by atoms with Gasteiger partial charge in [0.2, 0.25) is 0 Å². The minimum atomic E-state index is -3.74. The van der Waals surface area contributed by atoms with Crippen LogP contribution in [-0.4, -0.2) is 18.4 Å². The molecule has 2 aromatic heterocycles. The molecular formula is C7H4BrClN2O2S. The Bertz CT molecular complexity index is 593. The fourth-order valence-corrected chi connectivity index (χ4v) is 2.42. The van der Waals surface area contributed by atoms with Crippen LogP contribution in [0.4, 0.5) is 0 Å². The molecule has 0 radical (unpaired) electrons. The van der Waals surface area contributed by atoms with Crippen LogP contribution >= 0.6 is 26.6 Å². The molecule has 1 N–H and O–H groups in total. The lowest BCUT2D eigenvalue weighted by Gasteiger charge is -1.93. The van der Waals surface area contributed by atoms with Gasteiger partial charge in [-0.05, 0) is 22.0 Å². The third-order valence-electron chi connectivity index (χ3n) is 1.71. The van der Waals surface area contributed by atoms with Gasteiger partial charge in [0.05, 0.1) is 5.52 Å². The van der Waals surface area contributed by atoms with Crippen molar-refractivity contribution in [3.63, 3.8) is 0 Å². The summed E-state index contributed by atoms with van der Waals surface area (Å²) in [6, 6.07) is 1.73. The lowest BCUT2D eigenvalue weighted by molar-refractivity contribution is 0.610. The third-order valence-corrected chi connectivity index (χ3v) is 3.48. The molecule has 0 unspecified atom stereocenters. The number of hydrogen-bond donors (Lipinski definition) is 1. The van der Waals surface area contributed by atoms with Gasteiger partial charge in [-0.3, -0.25) is 4.98 Å². The molecule has 2 aromatic rings. The van der Waals surface area contributed by atoms with Crippen LogP contribution in [0.3, 0.4) is 0 Å². The van der Waals surface area contributed by atoms with E-state index in [9.17, 15) is 8.42 Å². The molecular weight excluding hydrogens is 292 g/mol. The lowest BCUT2D eigenvalue weighted by atomic mass is 10.4. The molecule has 0 aliphatic heterocycles. The highest BCUT2D eigenvalue weighted by Gasteiger charge is 2.16. The lowest BCUT2D eigenvalue weighted by Crippen LogP contribution is -1.89. The number of fused-ring (bicyclic) bond motifs is 1. The van der Waals surface area contributed by atoms with E-state index >= 15 is 0 Å². The Morgan fingerprint density at radius 2 is 2.21 bits per heavy atom. The summed E-state index contributed by atoms with van der Waals surface area (Å²) in [4.78, 5) is 6.75. The fraction of sp³-hybridized carbons (Fsp3) is 0. The van der Waals surface area contributed by atoms with Gasteiger partial charge in [-0.1, -0.05) is 0 Å². The molecule has 14 heavy (non-hydrogen) atoms. The molecule has 2 rings (SSSR count). The zero-order valence-corrected chi connectivity index (χ0v) is 9.82. The maximum absolute atomic E-state index is 11.1. The maximum Gasteiger partial charge on any atom is 0.264 e. The molecule has 0 fully saturated rings. The maximum atomic E-state index is 11.1. The van der Waals surface area contributed by atoms with E-state index in [2.05, 4.69) is 25.9 Å². The molecule has 0 spiro atoms. The Labute approximate surface area is 92.8 Å². The van der Waals surface area contributed by atoms with Crippen LogP contribution < -0.4 is 0 Å². The number of hydrogen-bond acceptors (Lipinski definition) is 3. The average Bonchev–Trinajstić information content (AvgIpc) is 2.45. The Balaban J connectivity index is 2.83. The predicted molar refractivity (Wildman–Crippen MR) is 56.8 cm³/mol. The summed E-state index contributed by atoms with van der Waals surface area (Å²) in [5, 5.41) is 0. The second-order valence-corrected chi connectivity index (χ2v) is 6.09. The summed E-state index contributed by atoms with van der Waals surface area (Å²) in [5.74, 6) is 0. The number of nitrogens with one attached hydrogen (secondary N) is 1. The van der Waals surface area contributed by atoms with Crippen LogP contribution in [0.5, 0.6) is 0 Å². The number of nitrogens with zero attached hydrogens (tertiary/aromatic N) is 1. The monoisotopic (exact) mass is 294 g/mol. The van der Waals surface area contributed by atoms with E-state index in [4.69, 9.17) is 10.7 Å². The molecule has 0 aromatic carbocycles. The number of pyridine rings is 1. The molecule has 74 valence electrons. The quantitative estimate of drug-likeness (QED) is 0.821. The van der Waals surface area contributed by atoms with E-state index in [0.29, 0.717) is 11.0 Å². The van der Waals surface area contributed by atoms with E-state index < -0.39 is 9.05 Å². The standard InChI is InChI=1S/C7H4BrClN2O2S/c8-4-1-5-7(11-2-4)6(3-10-5)14(9,12)13/h1-3,10H. The normalized spacial score (nSPS) is 12.1. The molecule has 2 heterocycles. The minimum Gasteiger partial charge on any atom is -0.359 e. The van der Waals surface area contributed by atoms with Gasteiger partial charge < -0.3 is 4.98 Å². The van der Waals surface area contributed by atoms with Gasteiger partial charge in [-0.2, -0.15) is 0 Å². The van der Waals surface area contributed by atoms with Crippen LogP contribution in [0.2, 0.25) is 0 Å². The van der Waals surface area contributed by atoms with Crippen molar-refractivity contribution in [3.8, 4) is 0 Å². The summed E-state index contributed by atoms with van der Waals surface area (Å²) in [6.45, 7) is 0. The van der Waals surface area contributed by atoms with E-state index in [-0.39, 0.29) is 4.90 Å². The van der Waals surface area contributed by atoms with Crippen molar-refractivity contribution < 1.29 is 8.42 Å². The molecule has 0 saturated carbocycles. The first-order valence-electron chi connectivity index (χ1n) is 3.56. The summed E-state index contributed by atoms with van der Waals surface area (Å²) in [7, 11) is 1.48. The van der Waals surface area contributed by atoms with Crippen LogP contribution in [0.1, 0.15) is 0 Å². The predicted octanol–water partition coefficient (Wildman–Crippen LogP) is 2.25. The zero-order chi connectivity index (χ0) is 10.3. The van der Waals surface area contributed by atoms with Gasteiger partial charge in [0, 0.05) is 27.5 Å². The van der Waals surface area contributed by atoms with Crippen molar-refractivity contribution >= 4 is 46.7 Å². The van der Waals surface area contributed by atoms with Crippen molar-refractivity contribution in [2.24, 2.45) is 0 Å². The van der Waals surface area contributed by atoms with E-state index in [0.717, 1.165) is 4.47 Å². The second kappa shape index (κ2) is 3.22. The number of aromatic amines is 1. The molecule has 0 bridgehead atoms. The number of aromatic nitrogens is 2. The van der Waals surface area contributed by atoms with Gasteiger partial charge in [0.1, 0.15) is 10.4 Å². The fourth-order valence-electron chi connectivity index (χ4n) is 1.14. The summed E-state index contributed by atoms with van der Waals surface area (Å²) in [6.07, 6.45) is 2.84. The first-order valence-corrected chi connectivity index (χ1v) is 6.66. The number of halogens is 2. The van der Waals surface area contributed by atoms with Gasteiger partial charge in [-0.15, -0.1) is 0 Å². The van der Waals surface area contributed by atoms with Gasteiger partial charge in [-0.25, -0.2) is 8.42 Å². The molecule has 0 saturated heterocycles. The van der Waals surface area contributed by atoms with Gasteiger partial charge >= 0.3 is 0 Å². The summed E-state index contributed by atoms with van der Waals surface area (Å²) in [5.41, 5.74) is 0.974.